The van der Waals surface area contributed by atoms with Gasteiger partial charge in [-0.1, -0.05) is 30.0 Å². The molecule has 3 aromatic rings. The largest absolute Gasteiger partial charge is 0.497 e. The van der Waals surface area contributed by atoms with Crippen LogP contribution in [0, 0.1) is 0 Å². The fraction of sp³-hybridized carbons (Fsp3) is 0.263. The number of amides is 1. The Hall–Kier alpha value is -2.67. The molecule has 7 heteroatoms. The molecular formula is C19H21N3O3S. The minimum atomic E-state index is -0.140. The molecule has 0 fully saturated rings. The Morgan fingerprint density at radius 2 is 2.04 bits per heavy atom. The van der Waals surface area contributed by atoms with Gasteiger partial charge in [-0.3, -0.25) is 4.79 Å². The van der Waals surface area contributed by atoms with Crippen molar-refractivity contribution in [2.75, 3.05) is 20.0 Å². The van der Waals surface area contributed by atoms with E-state index < -0.39 is 0 Å². The summed E-state index contributed by atoms with van der Waals surface area (Å²) in [6.45, 7) is 1.94. The first kappa shape index (κ1) is 18.1. The van der Waals surface area contributed by atoms with Crippen LogP contribution in [0.15, 0.2) is 47.6 Å². The molecule has 0 spiro atoms. The predicted octanol–water partition coefficient (Wildman–Crippen LogP) is 3.55. The molecule has 1 aromatic heterocycles. The molecular weight excluding hydrogens is 350 g/mol. The first-order chi connectivity index (χ1) is 12.6. The number of imidazole rings is 1. The van der Waals surface area contributed by atoms with E-state index in [2.05, 4.69) is 15.3 Å². The Labute approximate surface area is 156 Å². The molecule has 1 heterocycles. The number of fused-ring (bicyclic) bond motifs is 1. The second-order valence-electron chi connectivity index (χ2n) is 5.74. The van der Waals surface area contributed by atoms with Crippen molar-refractivity contribution in [3.05, 3.63) is 48.0 Å². The van der Waals surface area contributed by atoms with Gasteiger partial charge in [-0.25, -0.2) is 4.98 Å². The molecule has 0 radical (unpaired) electrons. The number of carbonyl (C=O) groups excluding carboxylic acids is 1. The molecule has 3 rings (SSSR count). The molecule has 1 atom stereocenters. The summed E-state index contributed by atoms with van der Waals surface area (Å²) in [6, 6.07) is 13.2. The molecule has 2 N–H and O–H groups in total. The first-order valence-electron chi connectivity index (χ1n) is 8.19. The van der Waals surface area contributed by atoms with Crippen molar-refractivity contribution in [2.24, 2.45) is 0 Å². The molecule has 0 bridgehead atoms. The van der Waals surface area contributed by atoms with E-state index in [0.29, 0.717) is 5.16 Å². The van der Waals surface area contributed by atoms with E-state index in [9.17, 15) is 4.79 Å². The minimum absolute atomic E-state index is 0.0635. The Kier molecular flexibility index (Phi) is 5.68. The number of H-pyrrole nitrogens is 1. The van der Waals surface area contributed by atoms with Crippen molar-refractivity contribution in [3.63, 3.8) is 0 Å². The summed E-state index contributed by atoms with van der Waals surface area (Å²) in [5.74, 6) is 1.74. The van der Waals surface area contributed by atoms with E-state index in [4.69, 9.17) is 9.47 Å². The van der Waals surface area contributed by atoms with Gasteiger partial charge < -0.3 is 19.8 Å². The number of para-hydroxylation sites is 1. The van der Waals surface area contributed by atoms with Crippen LogP contribution >= 0.6 is 11.8 Å². The standard InChI is InChI=1S/C19H21N3O3S/c1-12(14-6-4-5-7-17(14)25-3)20-18(23)11-26-19-21-15-9-8-13(24-2)10-16(15)22-19/h4-10,12H,11H2,1-3H3,(H,20,23)(H,21,22)/t12-/m1/s1. The molecule has 0 saturated carbocycles. The van der Waals surface area contributed by atoms with Crippen molar-refractivity contribution in [1.29, 1.82) is 0 Å². The van der Waals surface area contributed by atoms with Gasteiger partial charge in [0.1, 0.15) is 11.5 Å². The lowest BCUT2D eigenvalue weighted by Gasteiger charge is -2.16. The highest BCUT2D eigenvalue weighted by atomic mass is 32.2. The van der Waals surface area contributed by atoms with Crippen LogP contribution in [-0.4, -0.2) is 35.8 Å². The number of nitrogens with zero attached hydrogens (tertiary/aromatic N) is 1. The third-order valence-corrected chi connectivity index (χ3v) is 4.86. The average Bonchev–Trinajstić information content (AvgIpc) is 3.08. The number of aromatic amines is 1. The van der Waals surface area contributed by atoms with Crippen molar-refractivity contribution < 1.29 is 14.3 Å². The van der Waals surface area contributed by atoms with Crippen molar-refractivity contribution in [3.8, 4) is 11.5 Å². The maximum Gasteiger partial charge on any atom is 0.230 e. The number of hydrogen-bond acceptors (Lipinski definition) is 5. The SMILES string of the molecule is COc1ccc2nc(SCC(=O)N[C@H](C)c3ccccc3OC)[nH]c2c1. The highest BCUT2D eigenvalue weighted by Crippen LogP contribution is 2.25. The van der Waals surface area contributed by atoms with Crippen LogP contribution in [0.2, 0.25) is 0 Å². The molecule has 0 aliphatic heterocycles. The molecule has 0 unspecified atom stereocenters. The Morgan fingerprint density at radius 3 is 2.81 bits per heavy atom. The van der Waals surface area contributed by atoms with Crippen molar-refractivity contribution >= 4 is 28.7 Å². The quantitative estimate of drug-likeness (QED) is 0.621. The number of hydrogen-bond donors (Lipinski definition) is 2. The summed E-state index contributed by atoms with van der Waals surface area (Å²) in [5.41, 5.74) is 2.68. The summed E-state index contributed by atoms with van der Waals surface area (Å²) >= 11 is 1.36. The zero-order valence-electron chi connectivity index (χ0n) is 14.9. The van der Waals surface area contributed by atoms with Crippen LogP contribution in [-0.2, 0) is 4.79 Å². The van der Waals surface area contributed by atoms with Crippen LogP contribution in [0.3, 0.4) is 0 Å². The van der Waals surface area contributed by atoms with E-state index in [1.54, 1.807) is 14.2 Å². The molecule has 136 valence electrons. The fourth-order valence-corrected chi connectivity index (χ4v) is 3.38. The second kappa shape index (κ2) is 8.14. The lowest BCUT2D eigenvalue weighted by atomic mass is 10.1. The Bertz CT molecular complexity index is 910. The number of carbonyl (C=O) groups is 1. The zero-order chi connectivity index (χ0) is 18.5. The van der Waals surface area contributed by atoms with E-state index in [-0.39, 0.29) is 17.7 Å². The zero-order valence-corrected chi connectivity index (χ0v) is 15.7. The van der Waals surface area contributed by atoms with Gasteiger partial charge in [-0.2, -0.15) is 0 Å². The smallest absolute Gasteiger partial charge is 0.230 e. The molecule has 2 aromatic carbocycles. The lowest BCUT2D eigenvalue weighted by Crippen LogP contribution is -2.28. The second-order valence-corrected chi connectivity index (χ2v) is 6.71. The summed E-state index contributed by atoms with van der Waals surface area (Å²) < 4.78 is 10.6. The number of benzene rings is 2. The van der Waals surface area contributed by atoms with Gasteiger partial charge in [-0.15, -0.1) is 0 Å². The highest BCUT2D eigenvalue weighted by Gasteiger charge is 2.14. The Balaban J connectivity index is 1.60. The predicted molar refractivity (Wildman–Crippen MR) is 103 cm³/mol. The van der Waals surface area contributed by atoms with E-state index in [1.807, 2.05) is 49.4 Å². The van der Waals surface area contributed by atoms with Crippen molar-refractivity contribution in [1.82, 2.24) is 15.3 Å². The summed E-state index contributed by atoms with van der Waals surface area (Å²) in [4.78, 5) is 20.0. The highest BCUT2D eigenvalue weighted by molar-refractivity contribution is 7.99. The molecule has 0 aliphatic carbocycles. The third-order valence-electron chi connectivity index (χ3n) is 3.99. The number of aromatic nitrogens is 2. The maximum atomic E-state index is 12.3. The van der Waals surface area contributed by atoms with Gasteiger partial charge in [0.25, 0.3) is 0 Å². The van der Waals surface area contributed by atoms with Gasteiger partial charge in [-0.05, 0) is 25.1 Å². The summed E-state index contributed by atoms with van der Waals surface area (Å²) in [6.07, 6.45) is 0. The number of methoxy groups -OCH3 is 2. The summed E-state index contributed by atoms with van der Waals surface area (Å²) in [7, 11) is 3.25. The number of nitrogens with one attached hydrogen (secondary N) is 2. The summed E-state index contributed by atoms with van der Waals surface area (Å²) in [5, 5.41) is 3.69. The van der Waals surface area contributed by atoms with Gasteiger partial charge in [0.15, 0.2) is 5.16 Å². The molecule has 6 nitrogen and oxygen atoms in total. The first-order valence-corrected chi connectivity index (χ1v) is 9.18. The van der Waals surface area contributed by atoms with Crippen LogP contribution in [0.5, 0.6) is 11.5 Å². The molecule has 0 aliphatic rings. The minimum Gasteiger partial charge on any atom is -0.497 e. The third kappa shape index (κ3) is 4.11. The Morgan fingerprint density at radius 1 is 1.23 bits per heavy atom. The van der Waals surface area contributed by atoms with Crippen molar-refractivity contribution in [2.45, 2.75) is 18.1 Å². The lowest BCUT2D eigenvalue weighted by molar-refractivity contribution is -0.119. The number of ether oxygens (including phenoxy) is 2. The van der Waals surface area contributed by atoms with Gasteiger partial charge in [0, 0.05) is 11.6 Å². The van der Waals surface area contributed by atoms with Gasteiger partial charge in [0.2, 0.25) is 5.91 Å². The van der Waals surface area contributed by atoms with Crippen LogP contribution in [0.1, 0.15) is 18.5 Å². The average molecular weight is 371 g/mol. The maximum absolute atomic E-state index is 12.3. The monoisotopic (exact) mass is 371 g/mol. The van der Waals surface area contributed by atoms with E-state index >= 15 is 0 Å². The van der Waals surface area contributed by atoms with E-state index in [1.165, 1.54) is 11.8 Å². The number of thioether (sulfide) groups is 1. The molecule has 26 heavy (non-hydrogen) atoms. The van der Waals surface area contributed by atoms with Crippen LogP contribution in [0.25, 0.3) is 11.0 Å². The van der Waals surface area contributed by atoms with Gasteiger partial charge in [0.05, 0.1) is 37.0 Å². The van der Waals surface area contributed by atoms with Crippen LogP contribution < -0.4 is 14.8 Å². The molecule has 1 amide bonds. The normalized spacial score (nSPS) is 12.0. The van der Waals surface area contributed by atoms with E-state index in [0.717, 1.165) is 28.1 Å². The molecule has 0 saturated heterocycles. The topological polar surface area (TPSA) is 76.2 Å². The fourth-order valence-electron chi connectivity index (χ4n) is 2.68. The number of rotatable bonds is 7. The van der Waals surface area contributed by atoms with Crippen LogP contribution in [0.4, 0.5) is 0 Å². The van der Waals surface area contributed by atoms with Gasteiger partial charge >= 0.3 is 0 Å².